The Bertz CT molecular complexity index is 526. The molecule has 1 aliphatic carbocycles. The minimum absolute atomic E-state index is 0. The summed E-state index contributed by atoms with van der Waals surface area (Å²) in [4.78, 5) is 12.3. The Morgan fingerprint density at radius 2 is 2.21 bits per heavy atom. The molecule has 24 heavy (non-hydrogen) atoms. The topological polar surface area (TPSA) is 81.1 Å². The van der Waals surface area contributed by atoms with Crippen molar-refractivity contribution < 1.29 is 9.53 Å². The van der Waals surface area contributed by atoms with E-state index in [9.17, 15) is 4.79 Å². The molecular weight excluding hydrogens is 330 g/mol. The lowest BCUT2D eigenvalue weighted by Gasteiger charge is -2.42. The van der Waals surface area contributed by atoms with Crippen LogP contribution in [-0.2, 0) is 4.74 Å². The lowest BCUT2D eigenvalue weighted by atomic mass is 9.67. The monoisotopic (exact) mass is 357 g/mol. The highest BCUT2D eigenvalue weighted by Crippen LogP contribution is 2.43. The van der Waals surface area contributed by atoms with Crippen molar-refractivity contribution in [2.45, 2.75) is 44.6 Å². The Hall–Kier alpha value is -1.18. The van der Waals surface area contributed by atoms with Crippen LogP contribution in [0.15, 0.2) is 6.20 Å². The second-order valence-corrected chi connectivity index (χ2v) is 6.84. The summed E-state index contributed by atoms with van der Waals surface area (Å²) in [5, 5.41) is 14.6. The third kappa shape index (κ3) is 4.46. The summed E-state index contributed by atoms with van der Waals surface area (Å²) < 4.78 is 7.04. The van der Waals surface area contributed by atoms with Crippen molar-refractivity contribution in [1.29, 1.82) is 0 Å². The largest absolute Gasteiger partial charge is 0.385 e. The van der Waals surface area contributed by atoms with Crippen LogP contribution in [0.1, 0.15) is 55.1 Å². The maximum absolute atomic E-state index is 12.3. The minimum atomic E-state index is -0.117. The van der Waals surface area contributed by atoms with Crippen molar-refractivity contribution in [3.05, 3.63) is 11.9 Å². The Kier molecular flexibility index (Phi) is 7.01. The van der Waals surface area contributed by atoms with E-state index >= 15 is 0 Å². The number of carbonyl (C=O) groups excluding carboxylic acids is 1. The quantitative estimate of drug-likeness (QED) is 0.774. The smallest absolute Gasteiger partial charge is 0.273 e. The summed E-state index contributed by atoms with van der Waals surface area (Å²) in [6.45, 7) is 3.44. The van der Waals surface area contributed by atoms with Crippen molar-refractivity contribution in [2.24, 2.45) is 5.41 Å². The molecule has 1 aliphatic heterocycles. The standard InChI is InChI=1S/C16H27N5O2.ClH/c1-23-10-7-16(5-2-6-16)12-18-15(22)14-11-21(20-19-14)13-3-8-17-9-4-13;/h11,13,17H,2-10,12H2,1H3,(H,18,22);1H. The molecule has 0 bridgehead atoms. The number of nitrogens with one attached hydrogen (secondary N) is 2. The number of halogens is 1. The highest BCUT2D eigenvalue weighted by atomic mass is 35.5. The first-order valence-corrected chi connectivity index (χ1v) is 8.62. The van der Waals surface area contributed by atoms with E-state index in [1.54, 1.807) is 13.3 Å². The van der Waals surface area contributed by atoms with Gasteiger partial charge in [0.2, 0.25) is 0 Å². The fourth-order valence-electron chi connectivity index (χ4n) is 3.50. The average Bonchev–Trinajstić information content (AvgIpc) is 3.04. The maximum Gasteiger partial charge on any atom is 0.273 e. The Labute approximate surface area is 149 Å². The third-order valence-corrected chi connectivity index (χ3v) is 5.30. The van der Waals surface area contributed by atoms with E-state index in [1.165, 1.54) is 19.3 Å². The average molecular weight is 358 g/mol. The first-order chi connectivity index (χ1) is 11.2. The van der Waals surface area contributed by atoms with Gasteiger partial charge in [0.1, 0.15) is 0 Å². The molecule has 3 rings (SSSR count). The van der Waals surface area contributed by atoms with Crippen molar-refractivity contribution >= 4 is 18.3 Å². The summed E-state index contributed by atoms with van der Waals surface area (Å²) >= 11 is 0. The lowest BCUT2D eigenvalue weighted by Crippen LogP contribution is -2.43. The highest BCUT2D eigenvalue weighted by Gasteiger charge is 2.36. The third-order valence-electron chi connectivity index (χ3n) is 5.30. The van der Waals surface area contributed by atoms with Gasteiger partial charge < -0.3 is 15.4 Å². The van der Waals surface area contributed by atoms with Gasteiger partial charge in [-0.3, -0.25) is 4.79 Å². The molecule has 1 saturated heterocycles. The van der Waals surface area contributed by atoms with Crippen molar-refractivity contribution in [2.75, 3.05) is 33.4 Å². The Balaban J connectivity index is 0.00000208. The van der Waals surface area contributed by atoms with Crippen molar-refractivity contribution in [3.8, 4) is 0 Å². The molecule has 0 atom stereocenters. The first-order valence-electron chi connectivity index (χ1n) is 8.62. The molecule has 8 heteroatoms. The Morgan fingerprint density at radius 3 is 2.83 bits per heavy atom. The van der Waals surface area contributed by atoms with Gasteiger partial charge >= 0.3 is 0 Å². The summed E-state index contributed by atoms with van der Waals surface area (Å²) in [5.74, 6) is -0.117. The van der Waals surface area contributed by atoms with Gasteiger partial charge in [-0.2, -0.15) is 0 Å². The van der Waals surface area contributed by atoms with E-state index < -0.39 is 0 Å². The molecule has 2 heterocycles. The molecule has 7 nitrogen and oxygen atoms in total. The normalized spacial score (nSPS) is 20.0. The molecule has 0 radical (unpaired) electrons. The highest BCUT2D eigenvalue weighted by molar-refractivity contribution is 5.91. The molecule has 1 aromatic rings. The molecule has 136 valence electrons. The number of ether oxygens (including phenoxy) is 1. The van der Waals surface area contributed by atoms with Gasteiger partial charge in [-0.05, 0) is 50.6 Å². The molecule has 2 N–H and O–H groups in total. The lowest BCUT2D eigenvalue weighted by molar-refractivity contribution is 0.0630. The van der Waals surface area contributed by atoms with Crippen LogP contribution in [0.4, 0.5) is 0 Å². The molecule has 0 unspecified atom stereocenters. The van der Waals surface area contributed by atoms with Crippen LogP contribution in [0.25, 0.3) is 0 Å². The number of rotatable bonds is 7. The van der Waals surface area contributed by atoms with Crippen LogP contribution in [0, 0.1) is 5.41 Å². The zero-order valence-electron chi connectivity index (χ0n) is 14.3. The van der Waals surface area contributed by atoms with Gasteiger partial charge in [-0.15, -0.1) is 17.5 Å². The molecule has 2 fully saturated rings. The molecule has 2 aliphatic rings. The van der Waals surface area contributed by atoms with E-state index in [2.05, 4.69) is 20.9 Å². The van der Waals surface area contributed by atoms with Crippen LogP contribution < -0.4 is 10.6 Å². The van der Waals surface area contributed by atoms with Crippen molar-refractivity contribution in [1.82, 2.24) is 25.6 Å². The Morgan fingerprint density at radius 1 is 1.46 bits per heavy atom. The summed E-state index contributed by atoms with van der Waals surface area (Å²) in [5.41, 5.74) is 0.640. The number of methoxy groups -OCH3 is 1. The molecule has 1 amide bonds. The number of carbonyl (C=O) groups is 1. The summed E-state index contributed by atoms with van der Waals surface area (Å²) in [7, 11) is 1.73. The van der Waals surface area contributed by atoms with Crippen LogP contribution in [0.5, 0.6) is 0 Å². The van der Waals surface area contributed by atoms with Gasteiger partial charge in [0.25, 0.3) is 5.91 Å². The van der Waals surface area contributed by atoms with Gasteiger partial charge in [0.15, 0.2) is 5.69 Å². The van der Waals surface area contributed by atoms with Crippen LogP contribution in [0.2, 0.25) is 0 Å². The van der Waals surface area contributed by atoms with Crippen molar-refractivity contribution in [3.63, 3.8) is 0 Å². The molecule has 1 saturated carbocycles. The summed E-state index contributed by atoms with van der Waals surface area (Å²) in [6, 6.07) is 0.352. The summed E-state index contributed by atoms with van der Waals surface area (Å²) in [6.07, 6.45) is 8.43. The van der Waals surface area contributed by atoms with E-state index in [0.29, 0.717) is 18.3 Å². The van der Waals surface area contributed by atoms with E-state index in [4.69, 9.17) is 4.74 Å². The van der Waals surface area contributed by atoms with E-state index in [0.717, 1.165) is 39.0 Å². The van der Waals surface area contributed by atoms with Crippen LogP contribution >= 0.6 is 12.4 Å². The van der Waals surface area contributed by atoms with Gasteiger partial charge in [0, 0.05) is 20.3 Å². The van der Waals surface area contributed by atoms with E-state index in [-0.39, 0.29) is 23.7 Å². The second-order valence-electron chi connectivity index (χ2n) is 6.84. The zero-order valence-corrected chi connectivity index (χ0v) is 15.1. The number of hydrogen-bond acceptors (Lipinski definition) is 5. The molecular formula is C16H28ClN5O2. The fourth-order valence-corrected chi connectivity index (χ4v) is 3.50. The predicted octanol–water partition coefficient (Wildman–Crippen LogP) is 1.56. The SMILES string of the molecule is COCCC1(CNC(=O)c2cn(C3CCNCC3)nn2)CCC1.Cl. The van der Waals surface area contributed by atoms with Crippen LogP contribution in [0.3, 0.4) is 0 Å². The number of piperidine rings is 1. The van der Waals surface area contributed by atoms with Gasteiger partial charge in [-0.1, -0.05) is 11.6 Å². The fraction of sp³-hybridized carbons (Fsp3) is 0.812. The second kappa shape index (κ2) is 8.78. The molecule has 0 spiro atoms. The maximum atomic E-state index is 12.3. The first kappa shape index (κ1) is 19.1. The number of hydrogen-bond donors (Lipinski definition) is 2. The number of aromatic nitrogens is 3. The van der Waals surface area contributed by atoms with Gasteiger partial charge in [-0.25, -0.2) is 4.68 Å². The number of amides is 1. The molecule has 0 aromatic carbocycles. The minimum Gasteiger partial charge on any atom is -0.385 e. The van der Waals surface area contributed by atoms with Gasteiger partial charge in [0.05, 0.1) is 12.2 Å². The number of nitrogens with zero attached hydrogens (tertiary/aromatic N) is 3. The van der Waals surface area contributed by atoms with Crippen LogP contribution in [-0.4, -0.2) is 54.3 Å². The van der Waals surface area contributed by atoms with E-state index in [1.807, 2.05) is 4.68 Å². The zero-order chi connectivity index (χ0) is 16.1. The molecule has 1 aromatic heterocycles. The predicted molar refractivity (Wildman–Crippen MR) is 93.5 cm³/mol.